The Morgan fingerprint density at radius 2 is 1.00 bits per heavy atom. The van der Waals surface area contributed by atoms with Gasteiger partial charge in [-0.15, -0.1) is 0 Å². The second kappa shape index (κ2) is 11.3. The van der Waals surface area contributed by atoms with Crippen LogP contribution in [0.3, 0.4) is 0 Å². The Balaban J connectivity index is 2.00. The zero-order valence-electron chi connectivity index (χ0n) is 17.2. The molecule has 0 bridgehead atoms. The van der Waals surface area contributed by atoms with Gasteiger partial charge in [-0.3, -0.25) is 0 Å². The van der Waals surface area contributed by atoms with Gasteiger partial charge in [0.15, 0.2) is 0 Å². The van der Waals surface area contributed by atoms with Crippen molar-refractivity contribution in [2.75, 3.05) is 6.16 Å². The van der Waals surface area contributed by atoms with Crippen LogP contribution in [0.25, 0.3) is 0 Å². The monoisotopic (exact) mass is 397 g/mol. The van der Waals surface area contributed by atoms with Crippen molar-refractivity contribution in [1.29, 1.82) is 0 Å². The van der Waals surface area contributed by atoms with Gasteiger partial charge in [0, 0.05) is 0 Å². The largest absolute Gasteiger partial charge is 0.115 e. The van der Waals surface area contributed by atoms with E-state index in [1.54, 1.807) is 0 Å². The summed E-state index contributed by atoms with van der Waals surface area (Å²) in [4.78, 5) is 0. The normalized spacial score (nSPS) is 12.3. The highest BCUT2D eigenvalue weighted by Gasteiger charge is 2.43. The molecule has 0 spiro atoms. The molecule has 146 valence electrons. The molecule has 3 aromatic rings. The van der Waals surface area contributed by atoms with Gasteiger partial charge >= 0.3 is 0 Å². The Morgan fingerprint density at radius 1 is 0.552 bits per heavy atom. The molecule has 0 saturated carbocycles. The van der Waals surface area contributed by atoms with Gasteiger partial charge in [0.2, 0.25) is 0 Å². The number of allylic oxidation sites excluding steroid dienone is 6. The SMILES string of the molecule is CC/C=C\C/C=C/C=C/C[P+](c1ccccc1)(c1ccccc1)c1ccccc1. The minimum absolute atomic E-state index is 0.995. The van der Waals surface area contributed by atoms with Gasteiger partial charge in [-0.2, -0.15) is 0 Å². The summed E-state index contributed by atoms with van der Waals surface area (Å²) in [6.45, 7) is 2.17. The molecule has 0 atom stereocenters. The maximum atomic E-state index is 2.35. The summed E-state index contributed by atoms with van der Waals surface area (Å²) >= 11 is 0. The van der Waals surface area contributed by atoms with Gasteiger partial charge in [-0.25, -0.2) is 0 Å². The molecule has 0 nitrogen and oxygen atoms in total. The molecular formula is C28H30P+. The van der Waals surface area contributed by atoms with E-state index in [0.29, 0.717) is 0 Å². The maximum Gasteiger partial charge on any atom is 0.115 e. The molecular weight excluding hydrogens is 367 g/mol. The molecule has 3 rings (SSSR count). The zero-order valence-corrected chi connectivity index (χ0v) is 18.1. The summed E-state index contributed by atoms with van der Waals surface area (Å²) in [6, 6.07) is 33.1. The molecule has 3 aromatic carbocycles. The molecule has 29 heavy (non-hydrogen) atoms. The minimum Gasteiger partial charge on any atom is -0.0885 e. The first-order chi connectivity index (χ1) is 14.4. The highest BCUT2D eigenvalue weighted by Crippen LogP contribution is 2.55. The van der Waals surface area contributed by atoms with E-state index in [-0.39, 0.29) is 0 Å². The summed E-state index contributed by atoms with van der Waals surface area (Å²) in [5, 5.41) is 4.28. The van der Waals surface area contributed by atoms with Crippen molar-refractivity contribution in [3.63, 3.8) is 0 Å². The van der Waals surface area contributed by atoms with Crippen molar-refractivity contribution in [2.45, 2.75) is 19.8 Å². The summed E-state index contributed by atoms with van der Waals surface area (Å²) < 4.78 is 0. The first kappa shape index (κ1) is 21.0. The average molecular weight is 398 g/mol. The van der Waals surface area contributed by atoms with Gasteiger partial charge in [0.25, 0.3) is 0 Å². The summed E-state index contributed by atoms with van der Waals surface area (Å²) in [5.41, 5.74) is 0. The molecule has 0 aliphatic carbocycles. The third-order valence-electron chi connectivity index (χ3n) is 5.03. The van der Waals surface area contributed by atoms with Gasteiger partial charge in [0.05, 0.1) is 6.16 Å². The lowest BCUT2D eigenvalue weighted by Crippen LogP contribution is -2.32. The first-order valence-corrected chi connectivity index (χ1v) is 12.4. The van der Waals surface area contributed by atoms with Gasteiger partial charge in [-0.05, 0) is 55.3 Å². The Labute approximate surface area is 176 Å². The summed E-state index contributed by atoms with van der Waals surface area (Å²) in [6.07, 6.45) is 16.5. The zero-order chi connectivity index (χ0) is 20.2. The van der Waals surface area contributed by atoms with E-state index < -0.39 is 7.26 Å². The highest BCUT2D eigenvalue weighted by molar-refractivity contribution is 7.95. The molecule has 0 radical (unpaired) electrons. The second-order valence-electron chi connectivity index (χ2n) is 6.97. The second-order valence-corrected chi connectivity index (χ2v) is 10.5. The Hall–Kier alpha value is -2.69. The van der Waals surface area contributed by atoms with Crippen LogP contribution in [0.4, 0.5) is 0 Å². The number of hydrogen-bond donors (Lipinski definition) is 0. The van der Waals surface area contributed by atoms with Crippen molar-refractivity contribution < 1.29 is 0 Å². The van der Waals surface area contributed by atoms with E-state index in [4.69, 9.17) is 0 Å². The lowest BCUT2D eigenvalue weighted by atomic mass is 10.3. The molecule has 0 N–H and O–H groups in total. The minimum atomic E-state index is -1.75. The fourth-order valence-corrected chi connectivity index (χ4v) is 7.62. The van der Waals surface area contributed by atoms with E-state index >= 15 is 0 Å². The Morgan fingerprint density at radius 3 is 1.45 bits per heavy atom. The molecule has 1 heteroatoms. The van der Waals surface area contributed by atoms with Crippen LogP contribution in [0, 0.1) is 0 Å². The van der Waals surface area contributed by atoms with Crippen LogP contribution in [0.5, 0.6) is 0 Å². The number of hydrogen-bond acceptors (Lipinski definition) is 0. The van der Waals surface area contributed by atoms with Crippen LogP contribution >= 0.6 is 7.26 Å². The lowest BCUT2D eigenvalue weighted by Gasteiger charge is -2.26. The van der Waals surface area contributed by atoms with Gasteiger partial charge in [-0.1, -0.05) is 91.9 Å². The third-order valence-corrected chi connectivity index (χ3v) is 9.33. The van der Waals surface area contributed by atoms with Crippen LogP contribution < -0.4 is 15.9 Å². The van der Waals surface area contributed by atoms with Crippen LogP contribution in [0.2, 0.25) is 0 Å². The average Bonchev–Trinajstić information content (AvgIpc) is 2.80. The van der Waals surface area contributed by atoms with Crippen molar-refractivity contribution in [2.24, 2.45) is 0 Å². The van der Waals surface area contributed by atoms with Crippen molar-refractivity contribution in [3.05, 3.63) is 127 Å². The van der Waals surface area contributed by atoms with E-state index in [0.717, 1.165) is 19.0 Å². The van der Waals surface area contributed by atoms with Crippen molar-refractivity contribution in [1.82, 2.24) is 0 Å². The van der Waals surface area contributed by atoms with Gasteiger partial charge < -0.3 is 0 Å². The molecule has 0 heterocycles. The number of rotatable bonds is 9. The number of benzene rings is 3. The fourth-order valence-electron chi connectivity index (χ4n) is 3.61. The quantitative estimate of drug-likeness (QED) is 0.221. The summed E-state index contributed by atoms with van der Waals surface area (Å²) in [5.74, 6) is 0. The van der Waals surface area contributed by atoms with E-state index in [1.165, 1.54) is 15.9 Å². The molecule has 0 amide bonds. The van der Waals surface area contributed by atoms with Crippen LogP contribution in [-0.2, 0) is 0 Å². The Bertz CT molecular complexity index is 825. The smallest absolute Gasteiger partial charge is 0.0885 e. The summed E-state index contributed by atoms with van der Waals surface area (Å²) in [7, 11) is -1.75. The molecule has 0 saturated heterocycles. The molecule has 0 aliphatic rings. The van der Waals surface area contributed by atoms with Crippen molar-refractivity contribution in [3.8, 4) is 0 Å². The van der Waals surface area contributed by atoms with Crippen LogP contribution in [-0.4, -0.2) is 6.16 Å². The third kappa shape index (κ3) is 5.43. The van der Waals surface area contributed by atoms with E-state index in [1.807, 2.05) is 0 Å². The molecule has 0 fully saturated rings. The van der Waals surface area contributed by atoms with E-state index in [2.05, 4.69) is 134 Å². The topological polar surface area (TPSA) is 0 Å². The van der Waals surface area contributed by atoms with Crippen molar-refractivity contribution >= 4 is 23.2 Å². The predicted octanol–water partition coefficient (Wildman–Crippen LogP) is 6.45. The van der Waals surface area contributed by atoms with Gasteiger partial charge in [0.1, 0.15) is 23.2 Å². The standard InChI is InChI=1S/C28H30P/c1-2-3-4-5-6-7-8-18-25-29(26-19-12-9-13-20-26,27-21-14-10-15-22-27)28-23-16-11-17-24-28/h3-4,6-24H,2,5,25H2,1H3/q+1/b4-3-,7-6+,18-8+. The first-order valence-electron chi connectivity index (χ1n) is 10.4. The maximum absolute atomic E-state index is 2.35. The molecule has 0 aliphatic heterocycles. The highest BCUT2D eigenvalue weighted by atomic mass is 31.2. The van der Waals surface area contributed by atoms with E-state index in [9.17, 15) is 0 Å². The predicted molar refractivity (Wildman–Crippen MR) is 132 cm³/mol. The molecule has 0 unspecified atom stereocenters. The van der Waals surface area contributed by atoms with Crippen LogP contribution in [0.1, 0.15) is 19.8 Å². The Kier molecular flexibility index (Phi) is 8.23. The lowest BCUT2D eigenvalue weighted by molar-refractivity contribution is 1.20. The molecule has 0 aromatic heterocycles. The fraction of sp³-hybridized carbons (Fsp3) is 0.143. The van der Waals surface area contributed by atoms with Crippen LogP contribution in [0.15, 0.2) is 127 Å².